The number of halogens is 1. The molecule has 1 N–H and O–H groups in total. The number of anilines is 1. The molecule has 1 heterocycles. The summed E-state index contributed by atoms with van der Waals surface area (Å²) in [4.78, 5) is 12.1. The van der Waals surface area contributed by atoms with Crippen molar-refractivity contribution in [3.63, 3.8) is 0 Å². The Balaban J connectivity index is 1.64. The van der Waals surface area contributed by atoms with Crippen molar-refractivity contribution < 1.29 is 22.7 Å². The summed E-state index contributed by atoms with van der Waals surface area (Å²) in [6.07, 6.45) is -0.136. The molecule has 0 saturated heterocycles. The Hall–Kier alpha value is -2.06. The molecule has 3 rings (SSSR count). The Morgan fingerprint density at radius 2 is 1.84 bits per heavy atom. The second-order valence-corrected chi connectivity index (χ2v) is 8.46. The summed E-state index contributed by atoms with van der Waals surface area (Å²) in [6, 6.07) is 11.6. The number of amides is 1. The van der Waals surface area contributed by atoms with Crippen molar-refractivity contribution in [2.24, 2.45) is 0 Å². The van der Waals surface area contributed by atoms with Gasteiger partial charge in [0.25, 0.3) is 0 Å². The highest BCUT2D eigenvalue weighted by molar-refractivity contribution is 9.10. The summed E-state index contributed by atoms with van der Waals surface area (Å²) in [6.45, 7) is 0.820. The third-order valence-corrected chi connectivity index (χ3v) is 5.79. The van der Waals surface area contributed by atoms with E-state index in [0.717, 1.165) is 4.47 Å². The van der Waals surface area contributed by atoms with E-state index in [1.807, 2.05) is 6.07 Å². The van der Waals surface area contributed by atoms with Gasteiger partial charge in [0.1, 0.15) is 13.2 Å². The van der Waals surface area contributed by atoms with Crippen molar-refractivity contribution in [2.75, 3.05) is 24.3 Å². The zero-order valence-electron chi connectivity index (χ0n) is 13.2. The van der Waals surface area contributed by atoms with Crippen molar-refractivity contribution in [3.8, 4) is 11.5 Å². The molecule has 6 nitrogen and oxygen atoms in total. The van der Waals surface area contributed by atoms with Gasteiger partial charge in [-0.15, -0.1) is 0 Å². The van der Waals surface area contributed by atoms with Crippen molar-refractivity contribution in [1.82, 2.24) is 0 Å². The Morgan fingerprint density at radius 1 is 1.08 bits per heavy atom. The standard InChI is InChI=1S/C17H16BrNO5S/c18-12-2-1-3-13(10-12)19-17(20)6-9-25(21,22)14-4-5-15-16(11-14)24-8-7-23-15/h1-5,10-11H,6-9H2,(H,19,20). The van der Waals surface area contributed by atoms with Gasteiger partial charge in [0.05, 0.1) is 10.6 Å². The van der Waals surface area contributed by atoms with E-state index in [1.54, 1.807) is 24.3 Å². The second-order valence-electron chi connectivity index (χ2n) is 5.43. The lowest BCUT2D eigenvalue weighted by molar-refractivity contribution is -0.115. The minimum atomic E-state index is -3.59. The van der Waals surface area contributed by atoms with Gasteiger partial charge in [-0.3, -0.25) is 4.79 Å². The average molecular weight is 426 g/mol. The molecule has 0 aliphatic carbocycles. The van der Waals surface area contributed by atoms with Gasteiger partial charge in [0.2, 0.25) is 5.91 Å². The van der Waals surface area contributed by atoms with Gasteiger partial charge < -0.3 is 14.8 Å². The molecular weight excluding hydrogens is 410 g/mol. The summed E-state index contributed by atoms with van der Waals surface area (Å²) in [5, 5.41) is 2.68. The van der Waals surface area contributed by atoms with Crippen LogP contribution in [0.3, 0.4) is 0 Å². The van der Waals surface area contributed by atoms with Crippen LogP contribution in [0.25, 0.3) is 0 Å². The van der Waals surface area contributed by atoms with E-state index in [2.05, 4.69) is 21.2 Å². The van der Waals surface area contributed by atoms with Crippen LogP contribution in [0.15, 0.2) is 51.8 Å². The van der Waals surface area contributed by atoms with Crippen molar-refractivity contribution in [1.29, 1.82) is 0 Å². The van der Waals surface area contributed by atoms with Gasteiger partial charge in [-0.1, -0.05) is 22.0 Å². The molecule has 0 spiro atoms. The summed E-state index contributed by atoms with van der Waals surface area (Å²) in [5.41, 5.74) is 0.608. The van der Waals surface area contributed by atoms with E-state index >= 15 is 0 Å². The average Bonchev–Trinajstić information content (AvgIpc) is 2.60. The molecule has 0 bridgehead atoms. The van der Waals surface area contributed by atoms with Crippen LogP contribution < -0.4 is 14.8 Å². The third kappa shape index (κ3) is 4.52. The molecule has 0 saturated carbocycles. The predicted octanol–water partition coefficient (Wildman–Crippen LogP) is 3.02. The zero-order valence-corrected chi connectivity index (χ0v) is 15.6. The molecule has 8 heteroatoms. The molecule has 0 fully saturated rings. The second kappa shape index (κ2) is 7.45. The highest BCUT2D eigenvalue weighted by Crippen LogP contribution is 2.32. The van der Waals surface area contributed by atoms with Gasteiger partial charge in [-0.05, 0) is 30.3 Å². The molecule has 2 aromatic rings. The number of nitrogens with one attached hydrogen (secondary N) is 1. The van der Waals surface area contributed by atoms with Crippen LogP contribution in [0.2, 0.25) is 0 Å². The van der Waals surface area contributed by atoms with E-state index in [9.17, 15) is 13.2 Å². The van der Waals surface area contributed by atoms with E-state index in [4.69, 9.17) is 9.47 Å². The Kier molecular flexibility index (Phi) is 5.29. The van der Waals surface area contributed by atoms with Gasteiger partial charge in [0, 0.05) is 22.6 Å². The maximum atomic E-state index is 12.4. The van der Waals surface area contributed by atoms with E-state index in [0.29, 0.717) is 30.4 Å². The molecule has 132 valence electrons. The number of hydrogen-bond acceptors (Lipinski definition) is 5. The monoisotopic (exact) mass is 425 g/mol. The largest absolute Gasteiger partial charge is 0.486 e. The van der Waals surface area contributed by atoms with Gasteiger partial charge in [-0.2, -0.15) is 0 Å². The number of sulfone groups is 1. The van der Waals surface area contributed by atoms with Crippen molar-refractivity contribution in [2.45, 2.75) is 11.3 Å². The fraction of sp³-hybridized carbons (Fsp3) is 0.235. The van der Waals surface area contributed by atoms with Gasteiger partial charge in [-0.25, -0.2) is 8.42 Å². The maximum absolute atomic E-state index is 12.4. The summed E-state index contributed by atoms with van der Waals surface area (Å²) in [7, 11) is -3.59. The molecule has 0 radical (unpaired) electrons. The molecule has 1 aliphatic rings. The number of fused-ring (bicyclic) bond motifs is 1. The zero-order chi connectivity index (χ0) is 17.9. The topological polar surface area (TPSA) is 81.7 Å². The number of rotatable bonds is 5. The minimum Gasteiger partial charge on any atom is -0.486 e. The predicted molar refractivity (Wildman–Crippen MR) is 96.9 cm³/mol. The Morgan fingerprint density at radius 3 is 2.60 bits per heavy atom. The van der Waals surface area contributed by atoms with Crippen LogP contribution in [0.1, 0.15) is 6.42 Å². The normalized spacial score (nSPS) is 13.3. The molecule has 0 aromatic heterocycles. The number of carbonyl (C=O) groups excluding carboxylic acids is 1. The molecule has 0 unspecified atom stereocenters. The lowest BCUT2D eigenvalue weighted by Crippen LogP contribution is -2.18. The minimum absolute atomic E-state index is 0.118. The fourth-order valence-electron chi connectivity index (χ4n) is 2.35. The summed E-state index contributed by atoms with van der Waals surface area (Å²) >= 11 is 3.31. The van der Waals surface area contributed by atoms with E-state index in [1.165, 1.54) is 12.1 Å². The van der Waals surface area contributed by atoms with Crippen molar-refractivity contribution in [3.05, 3.63) is 46.9 Å². The molecule has 0 atom stereocenters. The van der Waals surface area contributed by atoms with Crippen LogP contribution in [0, 0.1) is 0 Å². The third-order valence-electron chi connectivity index (χ3n) is 3.58. The molecule has 1 amide bonds. The van der Waals surface area contributed by atoms with Crippen LogP contribution in [-0.2, 0) is 14.6 Å². The quantitative estimate of drug-likeness (QED) is 0.795. The number of carbonyl (C=O) groups is 1. The van der Waals surface area contributed by atoms with Crippen LogP contribution in [-0.4, -0.2) is 33.3 Å². The number of hydrogen-bond donors (Lipinski definition) is 1. The fourth-order valence-corrected chi connectivity index (χ4v) is 4.00. The first kappa shape index (κ1) is 17.8. The SMILES string of the molecule is O=C(CCS(=O)(=O)c1ccc2c(c1)OCCO2)Nc1cccc(Br)c1. The highest BCUT2D eigenvalue weighted by Gasteiger charge is 2.20. The lowest BCUT2D eigenvalue weighted by atomic mass is 10.3. The summed E-state index contributed by atoms with van der Waals surface area (Å²) < 4.78 is 36.5. The molecule has 25 heavy (non-hydrogen) atoms. The molecule has 2 aromatic carbocycles. The van der Waals surface area contributed by atoms with Crippen molar-refractivity contribution >= 4 is 37.4 Å². The highest BCUT2D eigenvalue weighted by atomic mass is 79.9. The smallest absolute Gasteiger partial charge is 0.225 e. The number of benzene rings is 2. The Bertz CT molecular complexity index is 898. The number of ether oxygens (including phenoxy) is 2. The molecule has 1 aliphatic heterocycles. The Labute approximate surface area is 154 Å². The van der Waals surface area contributed by atoms with Crippen LogP contribution >= 0.6 is 15.9 Å². The van der Waals surface area contributed by atoms with Crippen LogP contribution in [0.4, 0.5) is 5.69 Å². The van der Waals surface area contributed by atoms with Gasteiger partial charge in [0.15, 0.2) is 21.3 Å². The van der Waals surface area contributed by atoms with E-state index in [-0.39, 0.29) is 23.0 Å². The van der Waals surface area contributed by atoms with Gasteiger partial charge >= 0.3 is 0 Å². The maximum Gasteiger partial charge on any atom is 0.225 e. The first-order chi connectivity index (χ1) is 11.9. The summed E-state index contributed by atoms with van der Waals surface area (Å²) in [5.74, 6) is 0.287. The molecular formula is C17H16BrNO5S. The first-order valence-electron chi connectivity index (χ1n) is 7.62. The van der Waals surface area contributed by atoms with Crippen LogP contribution in [0.5, 0.6) is 11.5 Å². The van der Waals surface area contributed by atoms with E-state index < -0.39 is 9.84 Å². The lowest BCUT2D eigenvalue weighted by Gasteiger charge is -2.18. The first-order valence-corrected chi connectivity index (χ1v) is 10.1.